The zero-order valence-corrected chi connectivity index (χ0v) is 11.7. The van der Waals surface area contributed by atoms with E-state index in [1.807, 2.05) is 6.07 Å². The van der Waals surface area contributed by atoms with Crippen LogP contribution in [0, 0.1) is 5.82 Å². The monoisotopic (exact) mass is 288 g/mol. The molecule has 0 aliphatic rings. The lowest BCUT2D eigenvalue weighted by molar-refractivity contribution is -0.115. The lowest BCUT2D eigenvalue weighted by Gasteiger charge is -2.08. The summed E-state index contributed by atoms with van der Waals surface area (Å²) in [5.74, 6) is 0.270. The van der Waals surface area contributed by atoms with E-state index < -0.39 is 0 Å². The number of rotatable bonds is 6. The number of hydrogen-bond acceptors (Lipinski definition) is 3. The Kier molecular flexibility index (Phi) is 5.29. The molecule has 0 aliphatic carbocycles. The van der Waals surface area contributed by atoms with E-state index in [-0.39, 0.29) is 18.3 Å². The number of carbonyl (C=O) groups excluding carboxylic acids is 1. The van der Waals surface area contributed by atoms with Crippen molar-refractivity contribution in [1.29, 1.82) is 0 Å². The highest BCUT2D eigenvalue weighted by atomic mass is 19.1. The number of benzene rings is 2. The Labute approximate surface area is 122 Å². The zero-order valence-electron chi connectivity index (χ0n) is 11.7. The number of hydrogen-bond donors (Lipinski definition) is 2. The average Bonchev–Trinajstić information content (AvgIpc) is 2.49. The van der Waals surface area contributed by atoms with Crippen molar-refractivity contribution in [2.75, 3.05) is 19.0 Å². The first-order valence-corrected chi connectivity index (χ1v) is 6.56. The highest BCUT2D eigenvalue weighted by molar-refractivity contribution is 5.92. The number of nitrogens with one attached hydrogen (secondary N) is 2. The summed E-state index contributed by atoms with van der Waals surface area (Å²) in [5.41, 5.74) is 1.61. The maximum atomic E-state index is 12.7. The molecule has 0 saturated heterocycles. The summed E-state index contributed by atoms with van der Waals surface area (Å²) in [7, 11) is 1.57. The van der Waals surface area contributed by atoms with Crippen LogP contribution in [0.25, 0.3) is 0 Å². The number of anilines is 1. The highest BCUT2D eigenvalue weighted by Gasteiger charge is 2.03. The van der Waals surface area contributed by atoms with Crippen LogP contribution in [0.15, 0.2) is 48.5 Å². The average molecular weight is 288 g/mol. The summed E-state index contributed by atoms with van der Waals surface area (Å²) in [5, 5.41) is 5.77. The molecule has 0 heterocycles. The van der Waals surface area contributed by atoms with Gasteiger partial charge in [-0.1, -0.05) is 18.2 Å². The summed E-state index contributed by atoms with van der Waals surface area (Å²) in [4.78, 5) is 11.8. The van der Waals surface area contributed by atoms with Gasteiger partial charge in [-0.15, -0.1) is 0 Å². The van der Waals surface area contributed by atoms with E-state index in [0.29, 0.717) is 18.0 Å². The number of carbonyl (C=O) groups is 1. The second-order valence-corrected chi connectivity index (χ2v) is 4.51. The van der Waals surface area contributed by atoms with Gasteiger partial charge in [0.25, 0.3) is 0 Å². The molecule has 1 amide bonds. The molecule has 2 aromatic rings. The molecule has 0 bridgehead atoms. The number of amides is 1. The van der Waals surface area contributed by atoms with Crippen molar-refractivity contribution in [3.8, 4) is 5.75 Å². The van der Waals surface area contributed by atoms with Gasteiger partial charge in [-0.3, -0.25) is 4.79 Å². The molecule has 4 nitrogen and oxygen atoms in total. The number of methoxy groups -OCH3 is 1. The minimum atomic E-state index is -0.269. The SMILES string of the molecule is COc1cccc(NC(=O)CNCc2ccc(F)cc2)c1. The van der Waals surface area contributed by atoms with Crippen molar-refractivity contribution in [2.24, 2.45) is 0 Å². The van der Waals surface area contributed by atoms with Crippen molar-refractivity contribution in [3.05, 3.63) is 59.9 Å². The third kappa shape index (κ3) is 4.89. The van der Waals surface area contributed by atoms with Crippen LogP contribution < -0.4 is 15.4 Å². The molecule has 0 saturated carbocycles. The van der Waals surface area contributed by atoms with Gasteiger partial charge in [0.1, 0.15) is 11.6 Å². The highest BCUT2D eigenvalue weighted by Crippen LogP contribution is 2.16. The fourth-order valence-corrected chi connectivity index (χ4v) is 1.83. The topological polar surface area (TPSA) is 50.4 Å². The number of halogens is 1. The van der Waals surface area contributed by atoms with Gasteiger partial charge in [0.2, 0.25) is 5.91 Å². The van der Waals surface area contributed by atoms with Gasteiger partial charge < -0.3 is 15.4 Å². The fourth-order valence-electron chi connectivity index (χ4n) is 1.83. The fraction of sp³-hybridized carbons (Fsp3) is 0.188. The molecular formula is C16H17FN2O2. The largest absolute Gasteiger partial charge is 0.497 e. The Bertz CT molecular complexity index is 599. The summed E-state index contributed by atoms with van der Waals surface area (Å²) >= 11 is 0. The Balaban J connectivity index is 1.78. The van der Waals surface area contributed by atoms with Crippen LogP contribution in [0.3, 0.4) is 0 Å². The van der Waals surface area contributed by atoms with E-state index in [4.69, 9.17) is 4.74 Å². The molecule has 2 N–H and O–H groups in total. The van der Waals surface area contributed by atoms with Crippen LogP contribution in [-0.4, -0.2) is 19.6 Å². The minimum absolute atomic E-state index is 0.148. The third-order valence-corrected chi connectivity index (χ3v) is 2.88. The second kappa shape index (κ2) is 7.40. The van der Waals surface area contributed by atoms with Crippen molar-refractivity contribution < 1.29 is 13.9 Å². The van der Waals surface area contributed by atoms with Crippen LogP contribution >= 0.6 is 0 Å². The molecule has 0 unspecified atom stereocenters. The molecule has 0 atom stereocenters. The van der Waals surface area contributed by atoms with E-state index in [1.54, 1.807) is 37.4 Å². The van der Waals surface area contributed by atoms with Crippen molar-refractivity contribution in [1.82, 2.24) is 5.32 Å². The van der Waals surface area contributed by atoms with Gasteiger partial charge in [-0.05, 0) is 29.8 Å². The van der Waals surface area contributed by atoms with E-state index in [2.05, 4.69) is 10.6 Å². The maximum Gasteiger partial charge on any atom is 0.238 e. The molecular weight excluding hydrogens is 271 g/mol. The van der Waals surface area contributed by atoms with Crippen LogP contribution in [0.5, 0.6) is 5.75 Å². The lowest BCUT2D eigenvalue weighted by atomic mass is 10.2. The van der Waals surface area contributed by atoms with Gasteiger partial charge in [0, 0.05) is 18.3 Å². The molecule has 110 valence electrons. The van der Waals surface area contributed by atoms with E-state index in [9.17, 15) is 9.18 Å². The quantitative estimate of drug-likeness (QED) is 0.859. The predicted molar refractivity (Wildman–Crippen MR) is 79.7 cm³/mol. The minimum Gasteiger partial charge on any atom is -0.497 e. The molecule has 21 heavy (non-hydrogen) atoms. The molecule has 0 fully saturated rings. The normalized spacial score (nSPS) is 10.2. The molecule has 2 rings (SSSR count). The van der Waals surface area contributed by atoms with Crippen LogP contribution in [0.4, 0.5) is 10.1 Å². The first-order valence-electron chi connectivity index (χ1n) is 6.56. The Morgan fingerprint density at radius 2 is 1.95 bits per heavy atom. The Hall–Kier alpha value is -2.40. The van der Waals surface area contributed by atoms with Gasteiger partial charge in [-0.2, -0.15) is 0 Å². The third-order valence-electron chi connectivity index (χ3n) is 2.88. The van der Waals surface area contributed by atoms with Crippen LogP contribution in [-0.2, 0) is 11.3 Å². The van der Waals surface area contributed by atoms with E-state index >= 15 is 0 Å². The number of ether oxygens (including phenoxy) is 1. The summed E-state index contributed by atoms with van der Waals surface area (Å²) in [6.07, 6.45) is 0. The summed E-state index contributed by atoms with van der Waals surface area (Å²) < 4.78 is 17.8. The van der Waals surface area contributed by atoms with Gasteiger partial charge >= 0.3 is 0 Å². The molecule has 5 heteroatoms. The van der Waals surface area contributed by atoms with Crippen LogP contribution in [0.1, 0.15) is 5.56 Å². The summed E-state index contributed by atoms with van der Waals surface area (Å²) in [6, 6.07) is 13.3. The van der Waals surface area contributed by atoms with Gasteiger partial charge in [0.15, 0.2) is 0 Å². The predicted octanol–water partition coefficient (Wildman–Crippen LogP) is 2.56. The first kappa shape index (κ1) is 15.0. The zero-order chi connectivity index (χ0) is 15.1. The molecule has 2 aromatic carbocycles. The maximum absolute atomic E-state index is 12.7. The van der Waals surface area contributed by atoms with Crippen LogP contribution in [0.2, 0.25) is 0 Å². The van der Waals surface area contributed by atoms with Crippen molar-refractivity contribution in [2.45, 2.75) is 6.54 Å². The lowest BCUT2D eigenvalue weighted by Crippen LogP contribution is -2.27. The van der Waals surface area contributed by atoms with Crippen molar-refractivity contribution in [3.63, 3.8) is 0 Å². The second-order valence-electron chi connectivity index (χ2n) is 4.51. The smallest absolute Gasteiger partial charge is 0.238 e. The van der Waals surface area contributed by atoms with Gasteiger partial charge in [0.05, 0.1) is 13.7 Å². The Morgan fingerprint density at radius 1 is 1.19 bits per heavy atom. The van der Waals surface area contributed by atoms with E-state index in [0.717, 1.165) is 5.56 Å². The standard InChI is InChI=1S/C16H17FN2O2/c1-21-15-4-2-3-14(9-15)19-16(20)11-18-10-12-5-7-13(17)8-6-12/h2-9,18H,10-11H2,1H3,(H,19,20). The summed E-state index contributed by atoms with van der Waals surface area (Å²) in [6.45, 7) is 0.681. The molecule has 0 aromatic heterocycles. The molecule has 0 aliphatic heterocycles. The molecule has 0 spiro atoms. The van der Waals surface area contributed by atoms with Crippen molar-refractivity contribution >= 4 is 11.6 Å². The van der Waals surface area contributed by atoms with Gasteiger partial charge in [-0.25, -0.2) is 4.39 Å². The van der Waals surface area contributed by atoms with E-state index in [1.165, 1.54) is 12.1 Å². The Morgan fingerprint density at radius 3 is 2.67 bits per heavy atom. The molecule has 0 radical (unpaired) electrons. The first-order chi connectivity index (χ1) is 10.2.